The van der Waals surface area contributed by atoms with Crippen molar-refractivity contribution < 1.29 is 14.0 Å². The van der Waals surface area contributed by atoms with E-state index in [0.717, 1.165) is 37.7 Å². The molecule has 2 aliphatic rings. The first-order valence-electron chi connectivity index (χ1n) is 9.48. The highest BCUT2D eigenvalue weighted by molar-refractivity contribution is 5.88. The fraction of sp³-hybridized carbons (Fsp3) is 0.600. The smallest absolute Gasteiger partial charge is 0.243 e. The zero-order chi connectivity index (χ0) is 17.6. The van der Waals surface area contributed by atoms with Crippen LogP contribution in [0.2, 0.25) is 0 Å². The van der Waals surface area contributed by atoms with Gasteiger partial charge in [-0.05, 0) is 43.4 Å². The van der Waals surface area contributed by atoms with Gasteiger partial charge in [0, 0.05) is 19.0 Å². The van der Waals surface area contributed by atoms with Crippen LogP contribution < -0.4 is 5.32 Å². The highest BCUT2D eigenvalue weighted by Gasteiger charge is 2.34. The maximum absolute atomic E-state index is 13.1. The average molecular weight is 346 g/mol. The molecule has 1 aromatic rings. The van der Waals surface area contributed by atoms with E-state index in [9.17, 15) is 14.0 Å². The number of likely N-dealkylation sites (tertiary alicyclic amines) is 1. The largest absolute Gasteiger partial charge is 0.352 e. The Bertz CT molecular complexity index is 594. The van der Waals surface area contributed by atoms with Crippen molar-refractivity contribution in [2.24, 2.45) is 0 Å². The van der Waals surface area contributed by atoms with Gasteiger partial charge in [-0.15, -0.1) is 0 Å². The van der Waals surface area contributed by atoms with Crippen molar-refractivity contribution in [1.82, 2.24) is 10.2 Å². The van der Waals surface area contributed by atoms with Crippen LogP contribution in [0.5, 0.6) is 0 Å². The van der Waals surface area contributed by atoms with E-state index < -0.39 is 6.04 Å². The van der Waals surface area contributed by atoms with Crippen molar-refractivity contribution in [3.05, 3.63) is 35.6 Å². The van der Waals surface area contributed by atoms with Crippen LogP contribution in [0.4, 0.5) is 4.39 Å². The van der Waals surface area contributed by atoms with Crippen LogP contribution in [-0.2, 0) is 16.1 Å². The van der Waals surface area contributed by atoms with Crippen LogP contribution >= 0.6 is 0 Å². The third-order valence-corrected chi connectivity index (χ3v) is 5.34. The Morgan fingerprint density at radius 2 is 1.72 bits per heavy atom. The predicted octanol–water partition coefficient (Wildman–Crippen LogP) is 3.55. The molecule has 1 saturated carbocycles. The summed E-state index contributed by atoms with van der Waals surface area (Å²) in [6.07, 6.45) is 8.80. The van der Waals surface area contributed by atoms with E-state index in [1.165, 1.54) is 25.0 Å². The zero-order valence-corrected chi connectivity index (χ0v) is 14.7. The lowest BCUT2D eigenvalue weighted by Gasteiger charge is -2.35. The molecule has 1 N–H and O–H groups in total. The van der Waals surface area contributed by atoms with Crippen LogP contribution in [0, 0.1) is 5.82 Å². The molecule has 1 aliphatic carbocycles. The van der Waals surface area contributed by atoms with Crippen molar-refractivity contribution in [1.29, 1.82) is 0 Å². The molecule has 2 fully saturated rings. The summed E-state index contributed by atoms with van der Waals surface area (Å²) < 4.78 is 13.1. The summed E-state index contributed by atoms with van der Waals surface area (Å²) in [4.78, 5) is 26.9. The quantitative estimate of drug-likeness (QED) is 0.848. The first kappa shape index (κ1) is 17.9. The molecule has 136 valence electrons. The van der Waals surface area contributed by atoms with Crippen LogP contribution in [0.1, 0.15) is 63.4 Å². The lowest BCUT2D eigenvalue weighted by Crippen LogP contribution is -2.53. The van der Waals surface area contributed by atoms with E-state index in [4.69, 9.17) is 0 Å². The minimum atomic E-state index is -0.408. The number of hydrogen-bond donors (Lipinski definition) is 1. The Balaban J connectivity index is 1.66. The molecular formula is C20H27FN2O2. The molecule has 1 aliphatic heterocycles. The summed E-state index contributed by atoms with van der Waals surface area (Å²) in [5.74, 6) is -0.310. The second-order valence-corrected chi connectivity index (χ2v) is 7.25. The lowest BCUT2D eigenvalue weighted by molar-refractivity contribution is -0.144. The molecule has 2 amide bonds. The number of piperidine rings is 1. The highest BCUT2D eigenvalue weighted by Crippen LogP contribution is 2.23. The fourth-order valence-corrected chi connectivity index (χ4v) is 3.90. The van der Waals surface area contributed by atoms with Gasteiger partial charge >= 0.3 is 0 Å². The molecule has 0 bridgehead atoms. The van der Waals surface area contributed by atoms with Gasteiger partial charge in [0.1, 0.15) is 11.9 Å². The Labute approximate surface area is 148 Å². The predicted molar refractivity (Wildman–Crippen MR) is 94.2 cm³/mol. The van der Waals surface area contributed by atoms with Gasteiger partial charge in [-0.3, -0.25) is 9.59 Å². The first-order chi connectivity index (χ1) is 12.1. The van der Waals surface area contributed by atoms with Crippen LogP contribution in [0.3, 0.4) is 0 Å². The Morgan fingerprint density at radius 3 is 2.40 bits per heavy atom. The summed E-state index contributed by atoms with van der Waals surface area (Å²) in [7, 11) is 0. The molecule has 1 aromatic carbocycles. The average Bonchev–Trinajstić information content (AvgIpc) is 2.87. The Morgan fingerprint density at radius 1 is 1.04 bits per heavy atom. The molecule has 0 aromatic heterocycles. The van der Waals surface area contributed by atoms with Crippen LogP contribution in [-0.4, -0.2) is 28.8 Å². The minimum absolute atomic E-state index is 0.0107. The number of nitrogens with zero attached hydrogens (tertiary/aromatic N) is 1. The molecule has 0 spiro atoms. The van der Waals surface area contributed by atoms with Gasteiger partial charge in [-0.2, -0.15) is 0 Å². The summed E-state index contributed by atoms with van der Waals surface area (Å²) in [5.41, 5.74) is 0.851. The standard InChI is InChI=1S/C20H27FN2O2/c21-16-12-10-15(11-13-16)14-23-18(8-5-9-19(23)24)20(25)22-17-6-3-1-2-4-7-17/h10-13,17-18H,1-9,14H2,(H,22,25). The number of halogens is 1. The summed E-state index contributed by atoms with van der Waals surface area (Å²) in [6.45, 7) is 0.363. The van der Waals surface area contributed by atoms with E-state index in [2.05, 4.69) is 5.32 Å². The first-order valence-corrected chi connectivity index (χ1v) is 9.48. The van der Waals surface area contributed by atoms with E-state index in [1.807, 2.05) is 0 Å². The van der Waals surface area contributed by atoms with Crippen molar-refractivity contribution in [2.75, 3.05) is 0 Å². The number of amides is 2. The van der Waals surface area contributed by atoms with Gasteiger partial charge in [0.05, 0.1) is 0 Å². The van der Waals surface area contributed by atoms with Gasteiger partial charge in [0.25, 0.3) is 0 Å². The molecule has 25 heavy (non-hydrogen) atoms. The van der Waals surface area contributed by atoms with Gasteiger partial charge in [-0.1, -0.05) is 37.8 Å². The summed E-state index contributed by atoms with van der Waals surface area (Å²) >= 11 is 0. The summed E-state index contributed by atoms with van der Waals surface area (Å²) in [5, 5.41) is 3.18. The normalized spacial score (nSPS) is 22.5. The number of nitrogens with one attached hydrogen (secondary N) is 1. The Hall–Kier alpha value is -1.91. The van der Waals surface area contributed by atoms with E-state index in [1.54, 1.807) is 17.0 Å². The fourth-order valence-electron chi connectivity index (χ4n) is 3.90. The number of benzene rings is 1. The molecule has 1 saturated heterocycles. The van der Waals surface area contributed by atoms with Crippen LogP contribution in [0.25, 0.3) is 0 Å². The number of hydrogen-bond acceptors (Lipinski definition) is 2. The third kappa shape index (κ3) is 4.80. The lowest BCUT2D eigenvalue weighted by atomic mass is 9.98. The van der Waals surface area contributed by atoms with Gasteiger partial charge in [-0.25, -0.2) is 4.39 Å². The minimum Gasteiger partial charge on any atom is -0.352 e. The SMILES string of the molecule is O=C(NC1CCCCCC1)C1CCCC(=O)N1Cc1ccc(F)cc1. The van der Waals surface area contributed by atoms with Gasteiger partial charge in [0.2, 0.25) is 11.8 Å². The van der Waals surface area contributed by atoms with Gasteiger partial charge in [0.15, 0.2) is 0 Å². The molecule has 0 radical (unpaired) electrons. The summed E-state index contributed by atoms with van der Waals surface area (Å²) in [6, 6.07) is 5.97. The molecule has 5 heteroatoms. The third-order valence-electron chi connectivity index (χ3n) is 5.34. The molecule has 1 atom stereocenters. The maximum atomic E-state index is 13.1. The van der Waals surface area contributed by atoms with E-state index in [0.29, 0.717) is 19.4 Å². The monoisotopic (exact) mass is 346 g/mol. The second kappa shape index (κ2) is 8.45. The van der Waals surface area contributed by atoms with Crippen molar-refractivity contribution in [3.63, 3.8) is 0 Å². The van der Waals surface area contributed by atoms with Crippen molar-refractivity contribution in [2.45, 2.75) is 76.4 Å². The van der Waals surface area contributed by atoms with E-state index >= 15 is 0 Å². The molecule has 3 rings (SSSR count). The van der Waals surface area contributed by atoms with E-state index in [-0.39, 0.29) is 23.7 Å². The Kier molecular flexibility index (Phi) is 6.05. The number of carbonyl (C=O) groups excluding carboxylic acids is 2. The topological polar surface area (TPSA) is 49.4 Å². The molecule has 4 nitrogen and oxygen atoms in total. The van der Waals surface area contributed by atoms with Crippen molar-refractivity contribution >= 4 is 11.8 Å². The van der Waals surface area contributed by atoms with Gasteiger partial charge < -0.3 is 10.2 Å². The highest BCUT2D eigenvalue weighted by atomic mass is 19.1. The molecular weight excluding hydrogens is 319 g/mol. The second-order valence-electron chi connectivity index (χ2n) is 7.25. The number of rotatable bonds is 4. The number of carbonyl (C=O) groups is 2. The molecule has 1 unspecified atom stereocenters. The molecule has 1 heterocycles. The zero-order valence-electron chi connectivity index (χ0n) is 14.7. The van der Waals surface area contributed by atoms with Crippen molar-refractivity contribution in [3.8, 4) is 0 Å². The maximum Gasteiger partial charge on any atom is 0.243 e. The van der Waals surface area contributed by atoms with Crippen LogP contribution in [0.15, 0.2) is 24.3 Å².